The van der Waals surface area contributed by atoms with E-state index in [2.05, 4.69) is 10.6 Å². The minimum absolute atomic E-state index is 0.0755. The van der Waals surface area contributed by atoms with E-state index in [0.717, 1.165) is 28.6 Å². The van der Waals surface area contributed by atoms with Gasteiger partial charge in [-0.25, -0.2) is 4.79 Å². The molecule has 0 bridgehead atoms. The molecule has 7 nitrogen and oxygen atoms in total. The maximum absolute atomic E-state index is 12.3. The number of thioether (sulfide) groups is 1. The van der Waals surface area contributed by atoms with Gasteiger partial charge in [0.15, 0.2) is 0 Å². The van der Waals surface area contributed by atoms with Crippen LogP contribution in [0.2, 0.25) is 0 Å². The highest BCUT2D eigenvalue weighted by Crippen LogP contribution is 2.19. The number of benzene rings is 2. The van der Waals surface area contributed by atoms with Crippen LogP contribution in [0.4, 0.5) is 5.69 Å². The minimum atomic E-state index is -0.532. The third kappa shape index (κ3) is 4.22. The number of anilines is 1. The number of carbonyl (C=O) groups is 1. The van der Waals surface area contributed by atoms with E-state index in [1.165, 1.54) is 4.68 Å². The van der Waals surface area contributed by atoms with Crippen LogP contribution in [0.1, 0.15) is 11.1 Å². The van der Waals surface area contributed by atoms with Crippen molar-refractivity contribution in [3.63, 3.8) is 0 Å². The maximum Gasteiger partial charge on any atom is 0.442 e. The van der Waals surface area contributed by atoms with E-state index in [4.69, 9.17) is 9.26 Å². The van der Waals surface area contributed by atoms with Crippen molar-refractivity contribution in [2.45, 2.75) is 18.9 Å². The minimum Gasteiger partial charge on any atom is -0.497 e. The molecule has 1 aromatic heterocycles. The van der Waals surface area contributed by atoms with Gasteiger partial charge in [-0.05, 0) is 64.9 Å². The van der Waals surface area contributed by atoms with E-state index >= 15 is 0 Å². The predicted octanol–water partition coefficient (Wildman–Crippen LogP) is 2.60. The Hall–Kier alpha value is -3.00. The van der Waals surface area contributed by atoms with Crippen LogP contribution in [0.5, 0.6) is 5.75 Å². The monoisotopic (exact) mass is 386 g/mol. The number of aromatic amines is 1. The van der Waals surface area contributed by atoms with E-state index in [1.54, 1.807) is 31.4 Å². The largest absolute Gasteiger partial charge is 0.497 e. The molecule has 8 heteroatoms. The molecule has 0 unspecified atom stereocenters. The molecule has 2 aromatic carbocycles. The molecule has 3 rings (SSSR count). The summed E-state index contributed by atoms with van der Waals surface area (Å²) >= 11 is 1.10. The summed E-state index contributed by atoms with van der Waals surface area (Å²) in [6.45, 7) is 3.94. The number of hydrogen-bond donors (Lipinski definition) is 2. The molecule has 0 aliphatic carbocycles. The Morgan fingerprint density at radius 3 is 2.67 bits per heavy atom. The molecule has 0 aliphatic heterocycles. The number of amides is 1. The third-order valence-electron chi connectivity index (χ3n) is 4.16. The fraction of sp³-hybridized carbons (Fsp3) is 0.211. The van der Waals surface area contributed by atoms with Gasteiger partial charge in [0.25, 0.3) is 0 Å². The summed E-state index contributed by atoms with van der Waals surface area (Å²) in [6, 6.07) is 12.8. The number of ether oxygens (including phenoxy) is 1. The number of methoxy groups -OCH3 is 1. The van der Waals surface area contributed by atoms with Gasteiger partial charge in [-0.3, -0.25) is 9.32 Å². The van der Waals surface area contributed by atoms with Crippen molar-refractivity contribution < 1.29 is 18.7 Å². The fourth-order valence-corrected chi connectivity index (χ4v) is 3.27. The molecule has 0 spiro atoms. The van der Waals surface area contributed by atoms with E-state index in [0.29, 0.717) is 11.4 Å². The molecule has 1 heterocycles. The SMILES string of the molecule is COc1ccc(-[n+]2[nH]oc(=O)c2SCC(=O)Nc2cccc(C)c2C)cc1. The number of nitrogens with zero attached hydrogens (tertiary/aromatic N) is 1. The Bertz CT molecular complexity index is 1010. The summed E-state index contributed by atoms with van der Waals surface area (Å²) in [6.07, 6.45) is 0. The first-order valence-electron chi connectivity index (χ1n) is 8.26. The van der Waals surface area contributed by atoms with Crippen LogP contribution >= 0.6 is 11.8 Å². The lowest BCUT2D eigenvalue weighted by Gasteiger charge is -2.09. The molecule has 0 atom stereocenters. The molecule has 1 amide bonds. The number of aryl methyl sites for hydroxylation is 1. The molecular weight excluding hydrogens is 366 g/mol. The van der Waals surface area contributed by atoms with Crippen LogP contribution in [-0.2, 0) is 4.79 Å². The number of H-pyrrole nitrogens is 1. The number of carbonyl (C=O) groups excluding carboxylic acids is 1. The van der Waals surface area contributed by atoms with E-state index in [-0.39, 0.29) is 16.7 Å². The Morgan fingerprint density at radius 1 is 1.22 bits per heavy atom. The lowest BCUT2D eigenvalue weighted by Crippen LogP contribution is -2.36. The Labute approximate surface area is 160 Å². The Balaban J connectivity index is 1.72. The molecule has 0 saturated carbocycles. The first-order chi connectivity index (χ1) is 13.0. The van der Waals surface area contributed by atoms with Crippen molar-refractivity contribution in [1.29, 1.82) is 0 Å². The van der Waals surface area contributed by atoms with Crippen LogP contribution in [0.3, 0.4) is 0 Å². The van der Waals surface area contributed by atoms with Gasteiger partial charge in [0.2, 0.25) is 11.6 Å². The van der Waals surface area contributed by atoms with Crippen molar-refractivity contribution in [1.82, 2.24) is 5.27 Å². The Kier molecular flexibility index (Phi) is 5.66. The van der Waals surface area contributed by atoms with Crippen molar-refractivity contribution in [2.75, 3.05) is 18.2 Å². The van der Waals surface area contributed by atoms with E-state index < -0.39 is 5.63 Å². The molecule has 2 N–H and O–H groups in total. The predicted molar refractivity (Wildman–Crippen MR) is 103 cm³/mol. The van der Waals surface area contributed by atoms with Gasteiger partial charge in [-0.2, -0.15) is 0 Å². The van der Waals surface area contributed by atoms with Gasteiger partial charge in [-0.1, -0.05) is 12.1 Å². The number of hydrogen-bond acceptors (Lipinski definition) is 5. The second-order valence-corrected chi connectivity index (χ2v) is 6.87. The lowest BCUT2D eigenvalue weighted by molar-refractivity contribution is -0.704. The van der Waals surface area contributed by atoms with Crippen LogP contribution in [0, 0.1) is 13.8 Å². The molecule has 0 radical (unpaired) electrons. The molecule has 140 valence electrons. The van der Waals surface area contributed by atoms with Crippen LogP contribution in [-0.4, -0.2) is 24.0 Å². The van der Waals surface area contributed by atoms with Crippen molar-refractivity contribution in [3.05, 3.63) is 64.0 Å². The summed E-state index contributed by atoms with van der Waals surface area (Å²) in [5.74, 6) is 0.578. The summed E-state index contributed by atoms with van der Waals surface area (Å²) in [5, 5.41) is 5.72. The third-order valence-corrected chi connectivity index (χ3v) is 5.19. The highest BCUT2D eigenvalue weighted by molar-refractivity contribution is 7.99. The standard InChI is InChI=1S/C19H19N3O4S/c1-12-5-4-6-16(13(12)2)20-17(23)11-27-18-19(24)26-21-22(18)14-7-9-15(25-3)10-8-14/h4-10H,11H2,1-3H3,(H-,20,21,23,24)/p+1. The summed E-state index contributed by atoms with van der Waals surface area (Å²) < 4.78 is 11.5. The van der Waals surface area contributed by atoms with Gasteiger partial charge in [0.05, 0.1) is 12.9 Å². The molecule has 0 fully saturated rings. The number of nitrogens with one attached hydrogen (secondary N) is 2. The topological polar surface area (TPSA) is 88.2 Å². The zero-order valence-corrected chi connectivity index (χ0v) is 16.1. The van der Waals surface area contributed by atoms with Gasteiger partial charge < -0.3 is 10.1 Å². The van der Waals surface area contributed by atoms with Gasteiger partial charge in [-0.15, -0.1) is 0 Å². The first-order valence-corrected chi connectivity index (χ1v) is 9.25. The van der Waals surface area contributed by atoms with E-state index in [9.17, 15) is 9.59 Å². The molecule has 0 saturated heterocycles. The molecular formula is C19H20N3O4S+. The zero-order valence-electron chi connectivity index (χ0n) is 15.2. The second-order valence-electron chi connectivity index (χ2n) is 5.90. The lowest BCUT2D eigenvalue weighted by atomic mass is 10.1. The van der Waals surface area contributed by atoms with Gasteiger partial charge in [0.1, 0.15) is 5.75 Å². The highest BCUT2D eigenvalue weighted by Gasteiger charge is 2.25. The molecule has 0 aliphatic rings. The average Bonchev–Trinajstić information content (AvgIpc) is 3.04. The summed E-state index contributed by atoms with van der Waals surface area (Å²) in [4.78, 5) is 24.3. The zero-order chi connectivity index (χ0) is 19.4. The van der Waals surface area contributed by atoms with Crippen LogP contribution in [0.25, 0.3) is 5.69 Å². The van der Waals surface area contributed by atoms with Crippen molar-refractivity contribution in [2.24, 2.45) is 0 Å². The quantitative estimate of drug-likeness (QED) is 0.502. The van der Waals surface area contributed by atoms with E-state index in [1.807, 2.05) is 32.0 Å². The van der Waals surface area contributed by atoms with Gasteiger partial charge >= 0.3 is 10.7 Å². The van der Waals surface area contributed by atoms with Gasteiger partial charge in [0, 0.05) is 17.8 Å². The first kappa shape index (κ1) is 18.8. The highest BCUT2D eigenvalue weighted by atomic mass is 32.2. The summed E-state index contributed by atoms with van der Waals surface area (Å²) in [7, 11) is 1.58. The second kappa shape index (κ2) is 8.13. The molecule has 3 aromatic rings. The number of rotatable bonds is 6. The maximum atomic E-state index is 12.3. The van der Waals surface area contributed by atoms with Crippen molar-refractivity contribution in [3.8, 4) is 11.4 Å². The van der Waals surface area contributed by atoms with Crippen LogP contribution in [0.15, 0.2) is 56.8 Å². The van der Waals surface area contributed by atoms with Crippen molar-refractivity contribution >= 4 is 23.4 Å². The van der Waals surface area contributed by atoms with Crippen LogP contribution < -0.4 is 20.4 Å². The normalized spacial score (nSPS) is 10.6. The molecule has 27 heavy (non-hydrogen) atoms. The Morgan fingerprint density at radius 2 is 1.96 bits per heavy atom. The number of aromatic nitrogens is 2. The average molecular weight is 386 g/mol. The smallest absolute Gasteiger partial charge is 0.442 e. The summed E-state index contributed by atoms with van der Waals surface area (Å²) in [5.41, 5.74) is 3.05. The fourth-order valence-electron chi connectivity index (χ4n) is 2.49.